The Balaban J connectivity index is 1.62. The van der Waals surface area contributed by atoms with Gasteiger partial charge in [-0.3, -0.25) is 4.79 Å². The maximum atomic E-state index is 13.7. The van der Waals surface area contributed by atoms with Crippen LogP contribution in [0.15, 0.2) is 90.3 Å². The van der Waals surface area contributed by atoms with E-state index in [1.54, 1.807) is 0 Å². The summed E-state index contributed by atoms with van der Waals surface area (Å²) in [6.07, 6.45) is 0. The van der Waals surface area contributed by atoms with Crippen LogP contribution >= 0.6 is 11.3 Å². The average Bonchev–Trinajstić information content (AvgIpc) is 3.41. The number of ether oxygens (including phenoxy) is 1. The lowest BCUT2D eigenvalue weighted by Crippen LogP contribution is -2.25. The fourth-order valence-electron chi connectivity index (χ4n) is 4.52. The van der Waals surface area contributed by atoms with Crippen LogP contribution in [0.2, 0.25) is 0 Å². The summed E-state index contributed by atoms with van der Waals surface area (Å²) >= 11 is 1.51. The Bertz CT molecular complexity index is 1560. The third-order valence-electron chi connectivity index (χ3n) is 6.19. The highest BCUT2D eigenvalue weighted by Gasteiger charge is 2.23. The summed E-state index contributed by atoms with van der Waals surface area (Å²) in [5.41, 5.74) is 3.94. The first-order valence-electron chi connectivity index (χ1n) is 12.0. The van der Waals surface area contributed by atoms with Crippen molar-refractivity contribution in [3.8, 4) is 21.9 Å². The van der Waals surface area contributed by atoms with Crippen molar-refractivity contribution in [1.82, 2.24) is 5.32 Å². The predicted octanol–water partition coefficient (Wildman–Crippen LogP) is 8.69. The van der Waals surface area contributed by atoms with Gasteiger partial charge in [-0.2, -0.15) is 0 Å². The van der Waals surface area contributed by atoms with Crippen molar-refractivity contribution in [2.45, 2.75) is 26.3 Å². The minimum atomic E-state index is -0.940. The maximum absolute atomic E-state index is 13.7. The molecule has 0 atom stereocenters. The van der Waals surface area contributed by atoms with Gasteiger partial charge in [0, 0.05) is 6.54 Å². The normalized spacial score (nSPS) is 11.2. The van der Waals surface area contributed by atoms with E-state index in [0.29, 0.717) is 16.9 Å². The zero-order chi connectivity index (χ0) is 25.9. The van der Waals surface area contributed by atoms with E-state index in [9.17, 15) is 13.6 Å². The predicted molar refractivity (Wildman–Crippen MR) is 145 cm³/mol. The lowest BCUT2D eigenvalue weighted by molar-refractivity contribution is 0.0951. The van der Waals surface area contributed by atoms with Crippen LogP contribution in [0.3, 0.4) is 0 Å². The monoisotopic (exact) mass is 513 g/mol. The number of carbonyl (C=O) groups is 1. The first kappa shape index (κ1) is 24.7. The molecule has 5 rings (SSSR count). The first-order valence-corrected chi connectivity index (χ1v) is 12.9. The van der Waals surface area contributed by atoms with Gasteiger partial charge in [-0.15, -0.1) is 11.3 Å². The van der Waals surface area contributed by atoms with Crippen molar-refractivity contribution < 1.29 is 18.3 Å². The van der Waals surface area contributed by atoms with Crippen molar-refractivity contribution in [3.05, 3.63) is 119 Å². The molecule has 5 aromatic rings. The molecule has 1 heterocycles. The van der Waals surface area contributed by atoms with E-state index in [1.807, 2.05) is 66.0 Å². The van der Waals surface area contributed by atoms with Crippen LogP contribution in [-0.4, -0.2) is 5.91 Å². The first-order chi connectivity index (χ1) is 17.9. The van der Waals surface area contributed by atoms with E-state index in [4.69, 9.17) is 4.74 Å². The zero-order valence-electron chi connectivity index (χ0n) is 20.4. The van der Waals surface area contributed by atoms with Crippen molar-refractivity contribution in [2.24, 2.45) is 0 Å². The maximum Gasteiger partial charge on any atom is 0.252 e. The molecule has 0 aliphatic heterocycles. The molecule has 186 valence electrons. The van der Waals surface area contributed by atoms with Gasteiger partial charge in [0.25, 0.3) is 5.91 Å². The summed E-state index contributed by atoms with van der Waals surface area (Å²) in [6, 6.07) is 25.3. The highest BCUT2D eigenvalue weighted by Crippen LogP contribution is 2.39. The Kier molecular flexibility index (Phi) is 7.01. The topological polar surface area (TPSA) is 38.3 Å². The van der Waals surface area contributed by atoms with Gasteiger partial charge >= 0.3 is 0 Å². The fraction of sp³-hybridized carbons (Fsp3) is 0.129. The van der Waals surface area contributed by atoms with Crippen molar-refractivity contribution in [2.75, 3.05) is 0 Å². The molecule has 3 nitrogen and oxygen atoms in total. The van der Waals surface area contributed by atoms with Gasteiger partial charge in [0.15, 0.2) is 16.7 Å². The second-order valence-electron chi connectivity index (χ2n) is 9.08. The number of benzene rings is 4. The molecule has 1 aromatic heterocycles. The van der Waals surface area contributed by atoms with Gasteiger partial charge in [0.05, 0.1) is 5.56 Å². The molecular formula is C31H25F2NO2S. The van der Waals surface area contributed by atoms with Crippen LogP contribution in [-0.2, 0) is 6.54 Å². The third-order valence-corrected chi connectivity index (χ3v) is 6.94. The van der Waals surface area contributed by atoms with E-state index in [1.165, 1.54) is 17.4 Å². The number of hydrogen-bond acceptors (Lipinski definition) is 3. The van der Waals surface area contributed by atoms with Crippen LogP contribution < -0.4 is 10.1 Å². The molecule has 0 aliphatic carbocycles. The number of halogens is 2. The summed E-state index contributed by atoms with van der Waals surface area (Å²) in [6.45, 7) is 4.20. The van der Waals surface area contributed by atoms with E-state index in [0.717, 1.165) is 44.7 Å². The molecule has 1 amide bonds. The third kappa shape index (κ3) is 5.25. The van der Waals surface area contributed by atoms with Gasteiger partial charge in [-0.25, -0.2) is 8.78 Å². The molecule has 6 heteroatoms. The molecule has 0 spiro atoms. The second-order valence-corrected chi connectivity index (χ2v) is 9.99. The molecule has 4 aromatic carbocycles. The lowest BCUT2D eigenvalue weighted by atomic mass is 9.84. The highest BCUT2D eigenvalue weighted by molar-refractivity contribution is 7.11. The number of carbonyl (C=O) groups excluding carboxylic acids is 1. The molecule has 0 aliphatic rings. The van der Waals surface area contributed by atoms with Crippen LogP contribution in [0, 0.1) is 11.6 Å². The fourth-order valence-corrected chi connectivity index (χ4v) is 5.12. The molecule has 1 N–H and O–H groups in total. The van der Waals surface area contributed by atoms with E-state index in [2.05, 4.69) is 25.2 Å². The molecule has 0 saturated carbocycles. The standard InChI is InChI=1S/C31H25F2NO2S/c1-19(2)29-25(21-7-4-3-5-8-21)17-22-16-23(36-28-9-6-14-37-28)11-12-24(22)30(29)31(35)34-18-20-10-13-26(32)27(33)15-20/h3-17,19H,18H2,1-2H3,(H,34,35). The molecule has 0 saturated heterocycles. The lowest BCUT2D eigenvalue weighted by Gasteiger charge is -2.21. The Morgan fingerprint density at radius 3 is 2.43 bits per heavy atom. The Morgan fingerprint density at radius 2 is 1.73 bits per heavy atom. The summed E-state index contributed by atoms with van der Waals surface area (Å²) in [7, 11) is 0. The van der Waals surface area contributed by atoms with Gasteiger partial charge in [-0.05, 0) is 92.9 Å². The SMILES string of the molecule is CC(C)c1c(-c2ccccc2)cc2cc(Oc3cccs3)ccc2c1C(=O)NCc1ccc(F)c(F)c1. The van der Waals surface area contributed by atoms with Gasteiger partial charge in [0.2, 0.25) is 0 Å². The number of hydrogen-bond donors (Lipinski definition) is 1. The van der Waals surface area contributed by atoms with E-state index >= 15 is 0 Å². The molecule has 0 unspecified atom stereocenters. The number of rotatable bonds is 7. The molecular weight excluding hydrogens is 488 g/mol. The van der Waals surface area contributed by atoms with Gasteiger partial charge in [-0.1, -0.05) is 50.2 Å². The Hall–Kier alpha value is -4.03. The summed E-state index contributed by atoms with van der Waals surface area (Å²) in [5.74, 6) is -1.41. The van der Waals surface area contributed by atoms with Crippen molar-refractivity contribution in [3.63, 3.8) is 0 Å². The van der Waals surface area contributed by atoms with Gasteiger partial charge in [0.1, 0.15) is 5.75 Å². The van der Waals surface area contributed by atoms with Crippen molar-refractivity contribution >= 4 is 28.0 Å². The minimum Gasteiger partial charge on any atom is -0.447 e. The van der Waals surface area contributed by atoms with Crippen LogP contribution in [0.4, 0.5) is 8.78 Å². The Labute approximate surface area is 218 Å². The quantitative estimate of drug-likeness (QED) is 0.236. The van der Waals surface area contributed by atoms with Crippen LogP contribution in [0.1, 0.15) is 41.3 Å². The largest absolute Gasteiger partial charge is 0.447 e. The molecule has 0 bridgehead atoms. The van der Waals surface area contributed by atoms with Crippen LogP contribution in [0.5, 0.6) is 10.8 Å². The summed E-state index contributed by atoms with van der Waals surface area (Å²) < 4.78 is 33.1. The van der Waals surface area contributed by atoms with E-state index < -0.39 is 11.6 Å². The second kappa shape index (κ2) is 10.5. The number of amides is 1. The van der Waals surface area contributed by atoms with Crippen LogP contribution in [0.25, 0.3) is 21.9 Å². The number of fused-ring (bicyclic) bond motifs is 1. The van der Waals surface area contributed by atoms with Gasteiger partial charge < -0.3 is 10.1 Å². The summed E-state index contributed by atoms with van der Waals surface area (Å²) in [4.78, 5) is 13.7. The molecule has 0 fully saturated rings. The smallest absolute Gasteiger partial charge is 0.252 e. The zero-order valence-corrected chi connectivity index (χ0v) is 21.2. The van der Waals surface area contributed by atoms with Crippen molar-refractivity contribution in [1.29, 1.82) is 0 Å². The minimum absolute atomic E-state index is 0.0469. The average molecular weight is 514 g/mol. The number of thiophene rings is 1. The Morgan fingerprint density at radius 1 is 0.919 bits per heavy atom. The molecule has 0 radical (unpaired) electrons. The number of nitrogens with one attached hydrogen (secondary N) is 1. The molecule has 37 heavy (non-hydrogen) atoms. The summed E-state index contributed by atoms with van der Waals surface area (Å²) in [5, 5.41) is 7.32. The highest BCUT2D eigenvalue weighted by atomic mass is 32.1. The van der Waals surface area contributed by atoms with E-state index in [-0.39, 0.29) is 18.4 Å².